The number of hydrogen-bond donors (Lipinski definition) is 2. The molecule has 0 unspecified atom stereocenters. The molecule has 0 saturated carbocycles. The fraction of sp³-hybridized carbons (Fsp3) is 0.158. The Kier molecular flexibility index (Phi) is 4.94. The number of nitrogens with one attached hydrogen (secondary N) is 2. The molecule has 0 aromatic heterocycles. The zero-order chi connectivity index (χ0) is 18.5. The topological polar surface area (TPSA) is 102 Å². The number of nitriles is 1. The van der Waals surface area contributed by atoms with Gasteiger partial charge in [-0.3, -0.25) is 14.4 Å². The van der Waals surface area contributed by atoms with Gasteiger partial charge in [0, 0.05) is 24.3 Å². The minimum atomic E-state index is -0.879. The Labute approximate surface area is 150 Å². The fourth-order valence-corrected chi connectivity index (χ4v) is 2.73. The van der Waals surface area contributed by atoms with Crippen LogP contribution in [0.5, 0.6) is 0 Å². The van der Waals surface area contributed by atoms with Gasteiger partial charge < -0.3 is 15.5 Å². The summed E-state index contributed by atoms with van der Waals surface area (Å²) in [7, 11) is 0. The van der Waals surface area contributed by atoms with E-state index in [4.69, 9.17) is 5.26 Å². The van der Waals surface area contributed by atoms with Gasteiger partial charge in [-0.05, 0) is 36.8 Å². The second kappa shape index (κ2) is 7.49. The lowest BCUT2D eigenvalue weighted by Gasteiger charge is -2.16. The van der Waals surface area contributed by atoms with Gasteiger partial charge in [0.1, 0.15) is 6.07 Å². The Morgan fingerprint density at radius 2 is 1.81 bits per heavy atom. The Hall–Kier alpha value is -3.66. The molecule has 130 valence electrons. The summed E-state index contributed by atoms with van der Waals surface area (Å²) < 4.78 is 0. The number of benzene rings is 2. The zero-order valence-electron chi connectivity index (χ0n) is 13.9. The first-order valence-electron chi connectivity index (χ1n) is 8.10. The van der Waals surface area contributed by atoms with Crippen LogP contribution >= 0.6 is 0 Å². The zero-order valence-corrected chi connectivity index (χ0v) is 13.9. The lowest BCUT2D eigenvalue weighted by atomic mass is 10.2. The van der Waals surface area contributed by atoms with Gasteiger partial charge in [0.2, 0.25) is 5.91 Å². The molecule has 1 aliphatic rings. The minimum Gasteiger partial charge on any atom is -0.318 e. The number of rotatable bonds is 3. The van der Waals surface area contributed by atoms with E-state index in [0.717, 1.165) is 6.42 Å². The first-order valence-corrected chi connectivity index (χ1v) is 8.10. The summed E-state index contributed by atoms with van der Waals surface area (Å²) in [6.45, 7) is 0.641. The molecule has 3 amide bonds. The lowest BCUT2D eigenvalue weighted by molar-refractivity contribution is -0.133. The van der Waals surface area contributed by atoms with E-state index in [1.807, 2.05) is 6.07 Å². The lowest BCUT2D eigenvalue weighted by Crippen LogP contribution is -2.29. The number of nitrogens with zero attached hydrogens (tertiary/aromatic N) is 2. The normalized spacial score (nSPS) is 13.2. The van der Waals surface area contributed by atoms with Crippen LogP contribution in [-0.4, -0.2) is 24.3 Å². The summed E-state index contributed by atoms with van der Waals surface area (Å²) >= 11 is 0. The monoisotopic (exact) mass is 348 g/mol. The van der Waals surface area contributed by atoms with Crippen molar-refractivity contribution in [2.45, 2.75) is 12.8 Å². The maximum absolute atomic E-state index is 12.1. The number of hydrogen-bond acceptors (Lipinski definition) is 4. The molecule has 1 fully saturated rings. The van der Waals surface area contributed by atoms with Gasteiger partial charge in [0.25, 0.3) is 0 Å². The SMILES string of the molecule is N#Cc1ccccc1NC(=O)C(=O)Nc1cccc(N2CCCC2=O)c1. The largest absolute Gasteiger partial charge is 0.318 e. The predicted octanol–water partition coefficient (Wildman–Crippen LogP) is 2.26. The van der Waals surface area contributed by atoms with Crippen molar-refractivity contribution >= 4 is 34.8 Å². The van der Waals surface area contributed by atoms with E-state index in [9.17, 15) is 14.4 Å². The van der Waals surface area contributed by atoms with Crippen molar-refractivity contribution in [2.24, 2.45) is 0 Å². The first-order chi connectivity index (χ1) is 12.6. The van der Waals surface area contributed by atoms with Crippen molar-refractivity contribution in [2.75, 3.05) is 22.1 Å². The van der Waals surface area contributed by atoms with Crippen LogP contribution in [0.25, 0.3) is 0 Å². The molecule has 1 saturated heterocycles. The summed E-state index contributed by atoms with van der Waals surface area (Å²) in [4.78, 5) is 37.7. The summed E-state index contributed by atoms with van der Waals surface area (Å²) in [5, 5.41) is 14.0. The van der Waals surface area contributed by atoms with Gasteiger partial charge in [-0.1, -0.05) is 18.2 Å². The molecule has 0 aliphatic carbocycles. The highest BCUT2D eigenvalue weighted by atomic mass is 16.2. The molecule has 7 nitrogen and oxygen atoms in total. The molecular formula is C19H16N4O3. The van der Waals surface area contributed by atoms with Crippen molar-refractivity contribution in [1.82, 2.24) is 0 Å². The van der Waals surface area contributed by atoms with Crippen LogP contribution in [0.15, 0.2) is 48.5 Å². The summed E-state index contributed by atoms with van der Waals surface area (Å²) in [5.74, 6) is -1.70. The Balaban J connectivity index is 1.69. The molecule has 2 aromatic rings. The molecule has 0 spiro atoms. The molecule has 1 heterocycles. The van der Waals surface area contributed by atoms with Crippen molar-refractivity contribution in [3.63, 3.8) is 0 Å². The molecule has 0 radical (unpaired) electrons. The van der Waals surface area contributed by atoms with Crippen LogP contribution in [0.2, 0.25) is 0 Å². The second-order valence-electron chi connectivity index (χ2n) is 5.76. The third kappa shape index (κ3) is 3.70. The molecule has 7 heteroatoms. The van der Waals surface area contributed by atoms with Gasteiger partial charge in [-0.25, -0.2) is 0 Å². The number of anilines is 3. The number of amides is 3. The molecule has 2 N–H and O–H groups in total. The molecule has 26 heavy (non-hydrogen) atoms. The third-order valence-electron chi connectivity index (χ3n) is 3.99. The van der Waals surface area contributed by atoms with E-state index in [0.29, 0.717) is 24.3 Å². The predicted molar refractivity (Wildman–Crippen MR) is 96.4 cm³/mol. The quantitative estimate of drug-likeness (QED) is 0.831. The highest BCUT2D eigenvalue weighted by molar-refractivity contribution is 6.43. The fourth-order valence-electron chi connectivity index (χ4n) is 2.73. The van der Waals surface area contributed by atoms with Crippen LogP contribution in [-0.2, 0) is 14.4 Å². The van der Waals surface area contributed by atoms with Crippen LogP contribution in [0.4, 0.5) is 17.1 Å². The maximum atomic E-state index is 12.1. The van der Waals surface area contributed by atoms with Crippen molar-refractivity contribution in [3.05, 3.63) is 54.1 Å². The highest BCUT2D eigenvalue weighted by Gasteiger charge is 2.22. The van der Waals surface area contributed by atoms with Crippen LogP contribution in [0, 0.1) is 11.3 Å². The van der Waals surface area contributed by atoms with Crippen molar-refractivity contribution in [3.8, 4) is 6.07 Å². The summed E-state index contributed by atoms with van der Waals surface area (Å²) in [6, 6.07) is 15.1. The average molecular weight is 348 g/mol. The van der Waals surface area contributed by atoms with E-state index in [1.165, 1.54) is 0 Å². The first kappa shape index (κ1) is 17.2. The van der Waals surface area contributed by atoms with E-state index >= 15 is 0 Å². The molecule has 0 bridgehead atoms. The molecule has 0 atom stereocenters. The molecule has 1 aliphatic heterocycles. The van der Waals surface area contributed by atoms with E-state index in [2.05, 4.69) is 10.6 Å². The average Bonchev–Trinajstić information content (AvgIpc) is 3.08. The maximum Gasteiger partial charge on any atom is 0.314 e. The van der Waals surface area contributed by atoms with Crippen LogP contribution in [0.1, 0.15) is 18.4 Å². The van der Waals surface area contributed by atoms with Crippen LogP contribution < -0.4 is 15.5 Å². The molecule has 2 aromatic carbocycles. The van der Waals surface area contributed by atoms with Gasteiger partial charge in [-0.2, -0.15) is 5.26 Å². The second-order valence-corrected chi connectivity index (χ2v) is 5.76. The van der Waals surface area contributed by atoms with Crippen molar-refractivity contribution < 1.29 is 14.4 Å². The van der Waals surface area contributed by atoms with E-state index in [-0.39, 0.29) is 17.2 Å². The number of carbonyl (C=O) groups is 3. The third-order valence-corrected chi connectivity index (χ3v) is 3.99. The standard InChI is InChI=1S/C19H16N4O3/c20-12-13-5-1-2-8-16(13)22-19(26)18(25)21-14-6-3-7-15(11-14)23-10-4-9-17(23)24/h1-3,5-8,11H,4,9-10H2,(H,21,25)(H,22,26). The molecule has 3 rings (SSSR count). The van der Waals surface area contributed by atoms with Crippen LogP contribution in [0.3, 0.4) is 0 Å². The molecular weight excluding hydrogens is 332 g/mol. The van der Waals surface area contributed by atoms with Gasteiger partial charge in [-0.15, -0.1) is 0 Å². The Morgan fingerprint density at radius 1 is 1.04 bits per heavy atom. The number of para-hydroxylation sites is 1. The van der Waals surface area contributed by atoms with E-state index in [1.54, 1.807) is 53.4 Å². The summed E-state index contributed by atoms with van der Waals surface area (Å²) in [5.41, 5.74) is 1.63. The smallest absolute Gasteiger partial charge is 0.314 e. The Bertz CT molecular complexity index is 917. The minimum absolute atomic E-state index is 0.0410. The van der Waals surface area contributed by atoms with Gasteiger partial charge in [0.05, 0.1) is 11.3 Å². The van der Waals surface area contributed by atoms with E-state index < -0.39 is 11.8 Å². The highest BCUT2D eigenvalue weighted by Crippen LogP contribution is 2.24. The van der Waals surface area contributed by atoms with Gasteiger partial charge in [0.15, 0.2) is 0 Å². The van der Waals surface area contributed by atoms with Crippen molar-refractivity contribution in [1.29, 1.82) is 5.26 Å². The Morgan fingerprint density at radius 3 is 2.54 bits per heavy atom. The number of carbonyl (C=O) groups excluding carboxylic acids is 3. The summed E-state index contributed by atoms with van der Waals surface area (Å²) in [6.07, 6.45) is 1.31. The van der Waals surface area contributed by atoms with Gasteiger partial charge >= 0.3 is 11.8 Å².